The number of hydrogen-bond acceptors (Lipinski definition) is 3. The van der Waals surface area contributed by atoms with Gasteiger partial charge in [-0.15, -0.1) is 0 Å². The van der Waals surface area contributed by atoms with Crippen LogP contribution in [0.25, 0.3) is 0 Å². The van der Waals surface area contributed by atoms with Crippen LogP contribution >= 0.6 is 0 Å². The number of nitriles is 1. The summed E-state index contributed by atoms with van der Waals surface area (Å²) in [6.07, 6.45) is -2.12. The second-order valence-corrected chi connectivity index (χ2v) is 3.20. The van der Waals surface area contributed by atoms with Gasteiger partial charge in [0, 0.05) is 12.0 Å². The SMILES string of the molecule is N#CC1CCC(N)C1.O=C(O)C(F)(F)F. The number of halogens is 3. The smallest absolute Gasteiger partial charge is 0.475 e. The van der Waals surface area contributed by atoms with Crippen molar-refractivity contribution < 1.29 is 23.1 Å². The van der Waals surface area contributed by atoms with Gasteiger partial charge in [0.25, 0.3) is 0 Å². The van der Waals surface area contributed by atoms with Gasteiger partial charge in [-0.1, -0.05) is 0 Å². The third-order valence-electron chi connectivity index (χ3n) is 1.90. The average molecular weight is 224 g/mol. The number of carbonyl (C=O) groups is 1. The van der Waals surface area contributed by atoms with Gasteiger partial charge >= 0.3 is 12.1 Å². The van der Waals surface area contributed by atoms with Gasteiger partial charge in [0.2, 0.25) is 0 Å². The molecule has 3 N–H and O–H groups in total. The fraction of sp³-hybridized carbons (Fsp3) is 0.750. The standard InChI is InChI=1S/C6H10N2.C2HF3O2/c7-4-5-1-2-6(8)3-5;3-2(4,5)1(6)7/h5-6H,1-3,8H2;(H,6,7). The lowest BCUT2D eigenvalue weighted by atomic mass is 10.1. The molecule has 0 amide bonds. The largest absolute Gasteiger partial charge is 0.490 e. The molecule has 0 bridgehead atoms. The van der Waals surface area contributed by atoms with Gasteiger partial charge in [0.05, 0.1) is 6.07 Å². The predicted molar refractivity (Wildman–Crippen MR) is 44.6 cm³/mol. The van der Waals surface area contributed by atoms with Crippen LogP contribution in [0.3, 0.4) is 0 Å². The number of nitrogens with two attached hydrogens (primary N) is 1. The molecule has 4 nitrogen and oxygen atoms in total. The maximum atomic E-state index is 10.6. The van der Waals surface area contributed by atoms with Crippen LogP contribution in [-0.4, -0.2) is 23.3 Å². The minimum atomic E-state index is -5.08. The van der Waals surface area contributed by atoms with Crippen LogP contribution in [0, 0.1) is 17.2 Å². The molecule has 0 aromatic heterocycles. The van der Waals surface area contributed by atoms with Gasteiger partial charge in [-0.05, 0) is 19.3 Å². The van der Waals surface area contributed by atoms with E-state index in [0.29, 0.717) is 6.04 Å². The minimum Gasteiger partial charge on any atom is -0.475 e. The van der Waals surface area contributed by atoms with Crippen LogP contribution in [-0.2, 0) is 4.79 Å². The van der Waals surface area contributed by atoms with Crippen LogP contribution < -0.4 is 5.73 Å². The van der Waals surface area contributed by atoms with E-state index in [-0.39, 0.29) is 5.92 Å². The van der Waals surface area contributed by atoms with Gasteiger partial charge < -0.3 is 10.8 Å². The van der Waals surface area contributed by atoms with Crippen molar-refractivity contribution in [2.24, 2.45) is 11.7 Å². The molecule has 0 saturated heterocycles. The first-order valence-electron chi connectivity index (χ1n) is 4.22. The highest BCUT2D eigenvalue weighted by Crippen LogP contribution is 2.22. The number of carboxylic acid groups (broad SMARTS) is 1. The van der Waals surface area contributed by atoms with Crippen molar-refractivity contribution in [3.8, 4) is 6.07 Å². The molecular weight excluding hydrogens is 213 g/mol. The normalized spacial score (nSPS) is 25.0. The van der Waals surface area contributed by atoms with Gasteiger partial charge in [0.1, 0.15) is 0 Å². The Balaban J connectivity index is 0.000000265. The van der Waals surface area contributed by atoms with E-state index in [9.17, 15) is 13.2 Å². The fourth-order valence-electron chi connectivity index (χ4n) is 1.13. The van der Waals surface area contributed by atoms with Crippen molar-refractivity contribution in [1.82, 2.24) is 0 Å². The van der Waals surface area contributed by atoms with Gasteiger partial charge in [-0.2, -0.15) is 18.4 Å². The number of hydrogen-bond donors (Lipinski definition) is 2. The highest BCUT2D eigenvalue weighted by molar-refractivity contribution is 5.73. The molecule has 0 aliphatic heterocycles. The molecule has 0 aromatic carbocycles. The predicted octanol–water partition coefficient (Wildman–Crippen LogP) is 1.27. The second-order valence-electron chi connectivity index (χ2n) is 3.20. The van der Waals surface area contributed by atoms with E-state index in [1.54, 1.807) is 0 Å². The molecule has 2 atom stereocenters. The number of carboxylic acids is 1. The molecule has 0 aromatic rings. The van der Waals surface area contributed by atoms with Crippen LogP contribution in [0.5, 0.6) is 0 Å². The Kier molecular flexibility index (Phi) is 5.08. The molecule has 1 fully saturated rings. The van der Waals surface area contributed by atoms with Crippen molar-refractivity contribution in [3.63, 3.8) is 0 Å². The minimum absolute atomic E-state index is 0.255. The van der Waals surface area contributed by atoms with Crippen LogP contribution in [0.4, 0.5) is 13.2 Å². The first-order chi connectivity index (χ1) is 6.77. The van der Waals surface area contributed by atoms with E-state index in [2.05, 4.69) is 6.07 Å². The summed E-state index contributed by atoms with van der Waals surface area (Å²) < 4.78 is 31.7. The molecule has 2 unspecified atom stereocenters. The summed E-state index contributed by atoms with van der Waals surface area (Å²) in [6, 6.07) is 2.52. The van der Waals surface area contributed by atoms with E-state index in [1.807, 2.05) is 0 Å². The zero-order valence-electron chi connectivity index (χ0n) is 7.79. The molecule has 7 heteroatoms. The Hall–Kier alpha value is -1.29. The number of nitrogens with zero attached hydrogens (tertiary/aromatic N) is 1. The van der Waals surface area contributed by atoms with Crippen LogP contribution in [0.1, 0.15) is 19.3 Å². The van der Waals surface area contributed by atoms with E-state index < -0.39 is 12.1 Å². The maximum Gasteiger partial charge on any atom is 0.490 e. The topological polar surface area (TPSA) is 87.1 Å². The highest BCUT2D eigenvalue weighted by atomic mass is 19.4. The zero-order valence-corrected chi connectivity index (χ0v) is 7.79. The molecule has 1 rings (SSSR count). The van der Waals surface area contributed by atoms with Crippen molar-refractivity contribution >= 4 is 5.97 Å². The van der Waals surface area contributed by atoms with E-state index >= 15 is 0 Å². The van der Waals surface area contributed by atoms with Crippen LogP contribution in [0.15, 0.2) is 0 Å². The van der Waals surface area contributed by atoms with E-state index in [0.717, 1.165) is 19.3 Å². The summed E-state index contributed by atoms with van der Waals surface area (Å²) in [5, 5.41) is 15.5. The lowest BCUT2D eigenvalue weighted by Gasteiger charge is -1.95. The number of aliphatic carboxylic acids is 1. The number of rotatable bonds is 0. The Morgan fingerprint density at radius 2 is 1.93 bits per heavy atom. The molecular formula is C8H11F3N2O2. The maximum absolute atomic E-state index is 10.6. The molecule has 15 heavy (non-hydrogen) atoms. The van der Waals surface area contributed by atoms with Gasteiger partial charge in [-0.25, -0.2) is 4.79 Å². The second kappa shape index (κ2) is 5.56. The van der Waals surface area contributed by atoms with Gasteiger partial charge in [0.15, 0.2) is 0 Å². The molecule has 86 valence electrons. The summed E-state index contributed by atoms with van der Waals surface area (Å²) in [5.41, 5.74) is 5.55. The van der Waals surface area contributed by atoms with Crippen molar-refractivity contribution in [1.29, 1.82) is 5.26 Å². The summed E-state index contributed by atoms with van der Waals surface area (Å²) in [6.45, 7) is 0. The van der Waals surface area contributed by atoms with Crippen molar-refractivity contribution in [2.75, 3.05) is 0 Å². The fourth-order valence-corrected chi connectivity index (χ4v) is 1.13. The molecule has 0 heterocycles. The summed E-state index contributed by atoms with van der Waals surface area (Å²) in [5.74, 6) is -2.50. The lowest BCUT2D eigenvalue weighted by molar-refractivity contribution is -0.192. The third kappa shape index (κ3) is 5.91. The quantitative estimate of drug-likeness (QED) is 0.648. The first kappa shape index (κ1) is 13.7. The number of alkyl halides is 3. The molecule has 1 aliphatic carbocycles. The molecule has 0 spiro atoms. The average Bonchev–Trinajstić information content (AvgIpc) is 2.50. The van der Waals surface area contributed by atoms with Crippen LogP contribution in [0.2, 0.25) is 0 Å². The Morgan fingerprint density at radius 3 is 2.07 bits per heavy atom. The third-order valence-corrected chi connectivity index (χ3v) is 1.90. The van der Waals surface area contributed by atoms with Crippen molar-refractivity contribution in [3.05, 3.63) is 0 Å². The Morgan fingerprint density at radius 1 is 1.47 bits per heavy atom. The summed E-state index contributed by atoms with van der Waals surface area (Å²) in [4.78, 5) is 8.90. The first-order valence-corrected chi connectivity index (χ1v) is 4.22. The molecule has 1 aliphatic rings. The molecule has 1 saturated carbocycles. The highest BCUT2D eigenvalue weighted by Gasteiger charge is 2.38. The Bertz CT molecular complexity index is 260. The summed E-state index contributed by atoms with van der Waals surface area (Å²) in [7, 11) is 0. The zero-order chi connectivity index (χ0) is 12.1. The van der Waals surface area contributed by atoms with Crippen molar-refractivity contribution in [2.45, 2.75) is 31.5 Å². The monoisotopic (exact) mass is 224 g/mol. The van der Waals surface area contributed by atoms with Gasteiger partial charge in [-0.3, -0.25) is 0 Å². The lowest BCUT2D eigenvalue weighted by Crippen LogP contribution is -2.21. The summed E-state index contributed by atoms with van der Waals surface area (Å²) >= 11 is 0. The van der Waals surface area contributed by atoms with E-state index in [4.69, 9.17) is 20.9 Å². The Labute approximate surface area is 84.5 Å². The molecule has 0 radical (unpaired) electrons. The van der Waals surface area contributed by atoms with E-state index in [1.165, 1.54) is 0 Å².